The number of rotatable bonds is 7. The minimum absolute atomic E-state index is 0.0649. The lowest BCUT2D eigenvalue weighted by Gasteiger charge is -2.14. The summed E-state index contributed by atoms with van der Waals surface area (Å²) >= 11 is 0. The van der Waals surface area contributed by atoms with E-state index in [4.69, 9.17) is 9.47 Å². The van der Waals surface area contributed by atoms with Crippen LogP contribution < -0.4 is 10.1 Å². The Morgan fingerprint density at radius 1 is 0.969 bits per heavy atom. The van der Waals surface area contributed by atoms with Crippen molar-refractivity contribution in [2.75, 3.05) is 19.8 Å². The van der Waals surface area contributed by atoms with Gasteiger partial charge in [0.15, 0.2) is 0 Å². The summed E-state index contributed by atoms with van der Waals surface area (Å²) in [7, 11) is 0. The molecule has 0 spiro atoms. The van der Waals surface area contributed by atoms with E-state index in [-0.39, 0.29) is 5.92 Å². The lowest BCUT2D eigenvalue weighted by molar-refractivity contribution is 0.143. The van der Waals surface area contributed by atoms with Gasteiger partial charge in [0.2, 0.25) is 0 Å². The van der Waals surface area contributed by atoms with Gasteiger partial charge in [-0.15, -0.1) is 0 Å². The highest BCUT2D eigenvalue weighted by atomic mass is 16.5. The Balaban J connectivity index is 1.25. The Kier molecular flexibility index (Phi) is 7.09. The zero-order valence-corrected chi connectivity index (χ0v) is 18.3. The van der Waals surface area contributed by atoms with Gasteiger partial charge in [-0.2, -0.15) is 0 Å². The number of ether oxygens (including phenoxy) is 2. The van der Waals surface area contributed by atoms with Crippen molar-refractivity contribution in [2.24, 2.45) is 0 Å². The first kappa shape index (κ1) is 21.5. The molecule has 4 nitrogen and oxygen atoms in total. The molecule has 3 aromatic rings. The number of carbonyl (C=O) groups is 1. The molecule has 3 aromatic carbocycles. The largest absolute Gasteiger partial charge is 0.494 e. The molecule has 32 heavy (non-hydrogen) atoms. The molecule has 0 saturated carbocycles. The van der Waals surface area contributed by atoms with Gasteiger partial charge in [0.05, 0.1) is 6.61 Å². The van der Waals surface area contributed by atoms with E-state index in [9.17, 15) is 4.79 Å². The average Bonchev–Trinajstić information content (AvgIpc) is 3.15. The Morgan fingerprint density at radius 3 is 2.41 bits per heavy atom. The Morgan fingerprint density at radius 2 is 1.69 bits per heavy atom. The van der Waals surface area contributed by atoms with E-state index < -0.39 is 6.09 Å². The molecule has 0 bridgehead atoms. The molecule has 1 N–H and O–H groups in total. The van der Waals surface area contributed by atoms with Gasteiger partial charge in [-0.1, -0.05) is 73.4 Å². The lowest BCUT2D eigenvalue weighted by atomic mass is 9.98. The zero-order valence-electron chi connectivity index (χ0n) is 18.3. The maximum absolute atomic E-state index is 12.2. The van der Waals surface area contributed by atoms with E-state index in [1.165, 1.54) is 22.3 Å². The summed E-state index contributed by atoms with van der Waals surface area (Å²) in [5.74, 6) is 7.09. The van der Waals surface area contributed by atoms with Crippen molar-refractivity contribution in [3.05, 3.63) is 89.5 Å². The summed E-state index contributed by atoms with van der Waals surface area (Å²) in [6.45, 7) is 3.53. The second-order valence-corrected chi connectivity index (χ2v) is 7.68. The van der Waals surface area contributed by atoms with Crippen LogP contribution in [0.5, 0.6) is 5.75 Å². The molecule has 0 fully saturated rings. The van der Waals surface area contributed by atoms with Gasteiger partial charge < -0.3 is 14.8 Å². The Hall–Kier alpha value is -3.71. The first-order valence-corrected chi connectivity index (χ1v) is 11.1. The third-order valence-corrected chi connectivity index (χ3v) is 5.40. The smallest absolute Gasteiger partial charge is 0.407 e. The van der Waals surface area contributed by atoms with Crippen LogP contribution in [-0.4, -0.2) is 25.9 Å². The quantitative estimate of drug-likeness (QED) is 0.387. The van der Waals surface area contributed by atoms with E-state index in [0.29, 0.717) is 26.2 Å². The van der Waals surface area contributed by atoms with Crippen LogP contribution in [0.2, 0.25) is 0 Å². The highest BCUT2D eigenvalue weighted by molar-refractivity contribution is 5.79. The van der Waals surface area contributed by atoms with Crippen LogP contribution in [0.1, 0.15) is 42.4 Å². The van der Waals surface area contributed by atoms with E-state index >= 15 is 0 Å². The van der Waals surface area contributed by atoms with E-state index in [1.807, 2.05) is 48.5 Å². The van der Waals surface area contributed by atoms with Crippen LogP contribution in [0.4, 0.5) is 4.79 Å². The van der Waals surface area contributed by atoms with Crippen molar-refractivity contribution in [3.8, 4) is 28.7 Å². The lowest BCUT2D eigenvalue weighted by Crippen LogP contribution is -2.26. The normalized spacial score (nSPS) is 11.7. The van der Waals surface area contributed by atoms with Crippen LogP contribution in [0, 0.1) is 11.8 Å². The third-order valence-electron chi connectivity index (χ3n) is 5.40. The SMILES string of the molecule is CCCOc1cccc(C#CCCNC(=O)OCC2c3ccccc3-c3ccccc32)c1. The van der Waals surface area contributed by atoms with E-state index in [1.54, 1.807) is 0 Å². The first-order chi connectivity index (χ1) is 15.8. The first-order valence-electron chi connectivity index (χ1n) is 11.1. The van der Waals surface area contributed by atoms with Gasteiger partial charge in [-0.3, -0.25) is 0 Å². The maximum Gasteiger partial charge on any atom is 0.407 e. The summed E-state index contributed by atoms with van der Waals surface area (Å²) in [6.07, 6.45) is 1.10. The molecule has 0 radical (unpaired) electrons. The number of amides is 1. The Bertz CT molecular complexity index is 1100. The zero-order chi connectivity index (χ0) is 22.2. The van der Waals surface area contributed by atoms with Crippen LogP contribution in [0.25, 0.3) is 11.1 Å². The van der Waals surface area contributed by atoms with Gasteiger partial charge in [0.1, 0.15) is 12.4 Å². The van der Waals surface area contributed by atoms with Crippen molar-refractivity contribution in [1.29, 1.82) is 0 Å². The molecule has 0 saturated heterocycles. The molecule has 4 heteroatoms. The average molecular weight is 426 g/mol. The molecule has 1 aliphatic rings. The number of carbonyl (C=O) groups excluding carboxylic acids is 1. The van der Waals surface area contributed by atoms with Crippen molar-refractivity contribution >= 4 is 6.09 Å². The molecule has 162 valence electrons. The van der Waals surface area contributed by atoms with Crippen LogP contribution in [0.15, 0.2) is 72.8 Å². The monoisotopic (exact) mass is 425 g/mol. The molecule has 1 aliphatic carbocycles. The van der Waals surface area contributed by atoms with Gasteiger partial charge in [-0.05, 0) is 46.9 Å². The predicted octanol–water partition coefficient (Wildman–Crippen LogP) is 5.76. The second-order valence-electron chi connectivity index (χ2n) is 7.68. The number of fused-ring (bicyclic) bond motifs is 3. The maximum atomic E-state index is 12.2. The molecule has 0 aliphatic heterocycles. The topological polar surface area (TPSA) is 47.6 Å². The standard InChI is InChI=1S/C28H27NO3/c1-2-18-31-22-12-9-11-21(19-22)10-7-8-17-29-28(30)32-20-27-25-15-5-3-13-23(25)24-14-4-6-16-26(24)27/h3-6,9,11-16,19,27H,2,8,17-18,20H2,1H3,(H,29,30). The summed E-state index contributed by atoms with van der Waals surface area (Å²) in [5, 5.41) is 2.79. The number of hydrogen-bond acceptors (Lipinski definition) is 3. The fourth-order valence-corrected chi connectivity index (χ4v) is 3.92. The van der Waals surface area contributed by atoms with Crippen molar-refractivity contribution in [1.82, 2.24) is 5.32 Å². The molecular formula is C28H27NO3. The summed E-state index contributed by atoms with van der Waals surface area (Å²) in [5.41, 5.74) is 5.75. The number of alkyl carbamates (subject to hydrolysis) is 1. The predicted molar refractivity (Wildman–Crippen MR) is 127 cm³/mol. The summed E-state index contributed by atoms with van der Waals surface area (Å²) in [6, 6.07) is 24.4. The fraction of sp³-hybridized carbons (Fsp3) is 0.250. The number of hydrogen-bond donors (Lipinski definition) is 1. The Labute approximate surface area is 189 Å². The van der Waals surface area contributed by atoms with Crippen molar-refractivity contribution in [2.45, 2.75) is 25.7 Å². The summed E-state index contributed by atoms with van der Waals surface area (Å²) in [4.78, 5) is 12.2. The van der Waals surface area contributed by atoms with Gasteiger partial charge in [0.25, 0.3) is 0 Å². The van der Waals surface area contributed by atoms with Crippen LogP contribution in [0.3, 0.4) is 0 Å². The number of nitrogens with one attached hydrogen (secondary N) is 1. The van der Waals surface area contributed by atoms with Gasteiger partial charge in [0, 0.05) is 24.4 Å². The van der Waals surface area contributed by atoms with E-state index in [2.05, 4.69) is 48.3 Å². The highest BCUT2D eigenvalue weighted by Gasteiger charge is 2.28. The fourth-order valence-electron chi connectivity index (χ4n) is 3.92. The summed E-state index contributed by atoms with van der Waals surface area (Å²) < 4.78 is 11.2. The van der Waals surface area contributed by atoms with E-state index in [0.717, 1.165) is 17.7 Å². The van der Waals surface area contributed by atoms with Crippen molar-refractivity contribution in [3.63, 3.8) is 0 Å². The highest BCUT2D eigenvalue weighted by Crippen LogP contribution is 2.44. The third kappa shape index (κ3) is 5.12. The minimum atomic E-state index is -0.413. The van der Waals surface area contributed by atoms with Gasteiger partial charge >= 0.3 is 6.09 Å². The molecule has 1 amide bonds. The number of benzene rings is 3. The minimum Gasteiger partial charge on any atom is -0.494 e. The van der Waals surface area contributed by atoms with Crippen LogP contribution in [-0.2, 0) is 4.74 Å². The molecule has 0 atom stereocenters. The molecule has 0 aromatic heterocycles. The second kappa shape index (κ2) is 10.5. The molecular weight excluding hydrogens is 398 g/mol. The van der Waals surface area contributed by atoms with Crippen LogP contribution >= 0.6 is 0 Å². The van der Waals surface area contributed by atoms with Gasteiger partial charge in [-0.25, -0.2) is 4.79 Å². The molecule has 0 heterocycles. The molecule has 0 unspecified atom stereocenters. The molecule has 4 rings (SSSR count). The van der Waals surface area contributed by atoms with Crippen molar-refractivity contribution < 1.29 is 14.3 Å².